The minimum absolute atomic E-state index is 0.685. The third-order valence-electron chi connectivity index (χ3n) is 3.60. The highest BCUT2D eigenvalue weighted by atomic mass is 16.5. The number of nitrogens with one attached hydrogen (secondary N) is 1. The Hall–Kier alpha value is -2.36. The van der Waals surface area contributed by atoms with E-state index in [-0.39, 0.29) is 0 Å². The highest BCUT2D eigenvalue weighted by Crippen LogP contribution is 2.31. The normalized spacial score (nSPS) is 10.3. The molecule has 0 heterocycles. The van der Waals surface area contributed by atoms with Crippen molar-refractivity contribution in [1.29, 1.82) is 0 Å². The maximum atomic E-state index is 5.88. The number of nitrogens with zero attached hydrogens (tertiary/aromatic N) is 1. The minimum atomic E-state index is 0.685. The van der Waals surface area contributed by atoms with Gasteiger partial charge in [-0.3, -0.25) is 0 Å². The second-order valence-electron chi connectivity index (χ2n) is 5.59. The van der Waals surface area contributed by atoms with Gasteiger partial charge >= 0.3 is 0 Å². The van der Waals surface area contributed by atoms with Gasteiger partial charge in [0.1, 0.15) is 0 Å². The molecule has 4 heteroatoms. The number of para-hydroxylation sites is 1. The minimum Gasteiger partial charge on any atom is -0.493 e. The molecule has 0 unspecified atom stereocenters. The Balaban J connectivity index is 2.10. The highest BCUT2D eigenvalue weighted by molar-refractivity contribution is 5.55. The average molecular weight is 314 g/mol. The summed E-state index contributed by atoms with van der Waals surface area (Å²) in [4.78, 5) is 2.09. The SMILES string of the molecule is CCCOc1c(CNc2ccc(N(C)C)cc2)cccc1OC. The topological polar surface area (TPSA) is 33.7 Å². The summed E-state index contributed by atoms with van der Waals surface area (Å²) < 4.78 is 11.3. The van der Waals surface area contributed by atoms with Crippen LogP contribution in [-0.2, 0) is 6.54 Å². The molecule has 0 amide bonds. The molecule has 4 nitrogen and oxygen atoms in total. The molecule has 124 valence electrons. The van der Waals surface area contributed by atoms with Crippen molar-refractivity contribution in [1.82, 2.24) is 0 Å². The number of hydrogen-bond donors (Lipinski definition) is 1. The fraction of sp³-hybridized carbons (Fsp3) is 0.368. The van der Waals surface area contributed by atoms with Crippen LogP contribution in [0.3, 0.4) is 0 Å². The summed E-state index contributed by atoms with van der Waals surface area (Å²) in [5.41, 5.74) is 3.36. The fourth-order valence-electron chi connectivity index (χ4n) is 2.30. The van der Waals surface area contributed by atoms with Crippen LogP contribution in [0.5, 0.6) is 11.5 Å². The van der Waals surface area contributed by atoms with Crippen molar-refractivity contribution in [2.75, 3.05) is 38.0 Å². The van der Waals surface area contributed by atoms with Crippen molar-refractivity contribution in [3.05, 3.63) is 48.0 Å². The lowest BCUT2D eigenvalue weighted by atomic mass is 10.1. The number of methoxy groups -OCH3 is 1. The summed E-state index contributed by atoms with van der Waals surface area (Å²) in [6.07, 6.45) is 0.969. The van der Waals surface area contributed by atoms with Gasteiger partial charge in [0.2, 0.25) is 0 Å². The summed E-state index contributed by atoms with van der Waals surface area (Å²) >= 11 is 0. The molecule has 0 spiro atoms. The first-order valence-corrected chi connectivity index (χ1v) is 7.95. The molecule has 0 atom stereocenters. The summed E-state index contributed by atoms with van der Waals surface area (Å²) in [5.74, 6) is 1.61. The van der Waals surface area contributed by atoms with Crippen LogP contribution in [0.1, 0.15) is 18.9 Å². The van der Waals surface area contributed by atoms with Crippen molar-refractivity contribution < 1.29 is 9.47 Å². The van der Waals surface area contributed by atoms with Crippen LogP contribution in [0.4, 0.5) is 11.4 Å². The van der Waals surface area contributed by atoms with Gasteiger partial charge in [0.25, 0.3) is 0 Å². The third kappa shape index (κ3) is 4.55. The van der Waals surface area contributed by atoms with Gasteiger partial charge in [-0.05, 0) is 36.8 Å². The molecule has 0 radical (unpaired) electrons. The summed E-state index contributed by atoms with van der Waals surface area (Å²) in [7, 11) is 5.75. The second-order valence-corrected chi connectivity index (χ2v) is 5.59. The molecule has 0 aliphatic heterocycles. The van der Waals surface area contributed by atoms with E-state index < -0.39 is 0 Å². The molecule has 0 saturated heterocycles. The quantitative estimate of drug-likeness (QED) is 0.793. The van der Waals surface area contributed by atoms with Gasteiger partial charge in [0, 0.05) is 37.6 Å². The van der Waals surface area contributed by atoms with Gasteiger partial charge in [-0.1, -0.05) is 19.1 Å². The molecular formula is C19H26N2O2. The Morgan fingerprint density at radius 1 is 1.04 bits per heavy atom. The predicted molar refractivity (Wildman–Crippen MR) is 96.9 cm³/mol. The van der Waals surface area contributed by atoms with E-state index in [1.54, 1.807) is 7.11 Å². The Morgan fingerprint density at radius 2 is 1.78 bits per heavy atom. The van der Waals surface area contributed by atoms with Crippen LogP contribution in [0.25, 0.3) is 0 Å². The molecule has 2 rings (SSSR count). The van der Waals surface area contributed by atoms with Crippen LogP contribution >= 0.6 is 0 Å². The molecule has 0 fully saturated rings. The molecule has 0 aliphatic rings. The molecule has 2 aromatic rings. The number of ether oxygens (including phenoxy) is 2. The van der Waals surface area contributed by atoms with Gasteiger partial charge in [-0.25, -0.2) is 0 Å². The molecule has 0 aliphatic carbocycles. The van der Waals surface area contributed by atoms with Crippen LogP contribution in [0.2, 0.25) is 0 Å². The first kappa shape index (κ1) is 17.0. The van der Waals surface area contributed by atoms with Crippen molar-refractivity contribution >= 4 is 11.4 Å². The lowest BCUT2D eigenvalue weighted by molar-refractivity contribution is 0.291. The zero-order valence-corrected chi connectivity index (χ0v) is 14.4. The monoisotopic (exact) mass is 314 g/mol. The largest absolute Gasteiger partial charge is 0.493 e. The lowest BCUT2D eigenvalue weighted by Gasteiger charge is -2.16. The van der Waals surface area contributed by atoms with Gasteiger partial charge < -0.3 is 19.7 Å². The zero-order valence-electron chi connectivity index (χ0n) is 14.4. The lowest BCUT2D eigenvalue weighted by Crippen LogP contribution is -2.08. The Kier molecular flexibility index (Phi) is 6.15. The van der Waals surface area contributed by atoms with Crippen molar-refractivity contribution in [3.63, 3.8) is 0 Å². The van der Waals surface area contributed by atoms with Gasteiger partial charge in [-0.15, -0.1) is 0 Å². The van der Waals surface area contributed by atoms with E-state index in [9.17, 15) is 0 Å². The molecule has 1 N–H and O–H groups in total. The van der Waals surface area contributed by atoms with Crippen molar-refractivity contribution in [2.45, 2.75) is 19.9 Å². The predicted octanol–water partition coefficient (Wildman–Crippen LogP) is 4.16. The number of anilines is 2. The van der Waals surface area contributed by atoms with Gasteiger partial charge in [-0.2, -0.15) is 0 Å². The van der Waals surface area contributed by atoms with Crippen LogP contribution in [0.15, 0.2) is 42.5 Å². The molecule has 2 aromatic carbocycles. The highest BCUT2D eigenvalue weighted by Gasteiger charge is 2.10. The smallest absolute Gasteiger partial charge is 0.166 e. The van der Waals surface area contributed by atoms with E-state index >= 15 is 0 Å². The maximum Gasteiger partial charge on any atom is 0.166 e. The van der Waals surface area contributed by atoms with E-state index in [0.717, 1.165) is 29.2 Å². The molecule has 23 heavy (non-hydrogen) atoms. The fourth-order valence-corrected chi connectivity index (χ4v) is 2.30. The summed E-state index contributed by atoms with van der Waals surface area (Å²) in [6, 6.07) is 14.4. The molecular weight excluding hydrogens is 288 g/mol. The Morgan fingerprint density at radius 3 is 2.39 bits per heavy atom. The standard InChI is InChI=1S/C19H26N2O2/c1-5-13-23-19-15(7-6-8-18(19)22-4)14-20-16-9-11-17(12-10-16)21(2)3/h6-12,20H,5,13-14H2,1-4H3. The van der Waals surface area contributed by atoms with E-state index in [1.807, 2.05) is 26.2 Å². The summed E-state index contributed by atoms with van der Waals surface area (Å²) in [5, 5.41) is 3.44. The number of rotatable bonds is 8. The van der Waals surface area contributed by atoms with E-state index in [2.05, 4.69) is 47.5 Å². The van der Waals surface area contributed by atoms with Crippen LogP contribution in [0, 0.1) is 0 Å². The maximum absolute atomic E-state index is 5.88. The van der Waals surface area contributed by atoms with Crippen LogP contribution in [-0.4, -0.2) is 27.8 Å². The van der Waals surface area contributed by atoms with E-state index in [4.69, 9.17) is 9.47 Å². The van der Waals surface area contributed by atoms with E-state index in [1.165, 1.54) is 5.69 Å². The first-order chi connectivity index (χ1) is 11.2. The third-order valence-corrected chi connectivity index (χ3v) is 3.60. The molecule has 0 aromatic heterocycles. The van der Waals surface area contributed by atoms with Crippen LogP contribution < -0.4 is 19.7 Å². The van der Waals surface area contributed by atoms with Crippen molar-refractivity contribution in [3.8, 4) is 11.5 Å². The number of benzene rings is 2. The van der Waals surface area contributed by atoms with Gasteiger partial charge in [0.15, 0.2) is 11.5 Å². The molecule has 0 saturated carbocycles. The summed E-state index contributed by atoms with van der Waals surface area (Å²) in [6.45, 7) is 3.47. The van der Waals surface area contributed by atoms with Crippen molar-refractivity contribution in [2.24, 2.45) is 0 Å². The van der Waals surface area contributed by atoms with Gasteiger partial charge in [0.05, 0.1) is 13.7 Å². The number of hydrogen-bond acceptors (Lipinski definition) is 4. The average Bonchev–Trinajstić information content (AvgIpc) is 2.58. The first-order valence-electron chi connectivity index (χ1n) is 7.95. The molecule has 0 bridgehead atoms. The van der Waals surface area contributed by atoms with E-state index in [0.29, 0.717) is 13.2 Å². The Bertz CT molecular complexity index is 609. The Labute approximate surface area is 139 Å². The second kappa shape index (κ2) is 8.32. The zero-order chi connectivity index (χ0) is 16.7.